The molecule has 0 atom stereocenters. The molecule has 2 aromatic rings. The number of hydrogen-bond acceptors (Lipinski definition) is 3. The fourth-order valence-electron chi connectivity index (χ4n) is 1.08. The minimum absolute atomic E-state index is 0.0979. The van der Waals surface area contributed by atoms with Crippen molar-refractivity contribution in [1.82, 2.24) is 9.78 Å². The van der Waals surface area contributed by atoms with Crippen molar-refractivity contribution in [3.05, 3.63) is 34.8 Å². The zero-order valence-corrected chi connectivity index (χ0v) is 8.41. The number of rotatable bonds is 2. The number of nitrogens with one attached hydrogen (secondary N) is 1. The number of carbonyl (C=O) groups excluding carboxylic acids is 1. The molecule has 1 amide bonds. The van der Waals surface area contributed by atoms with E-state index in [1.165, 1.54) is 11.3 Å². The molecule has 2 heterocycles. The van der Waals surface area contributed by atoms with Gasteiger partial charge in [0.25, 0.3) is 5.91 Å². The first-order valence-electron chi connectivity index (χ1n) is 4.08. The lowest BCUT2D eigenvalue weighted by molar-refractivity contribution is 0.102. The predicted octanol–water partition coefficient (Wildman–Crippen LogP) is 1.73. The molecule has 0 aliphatic heterocycles. The van der Waals surface area contributed by atoms with Crippen LogP contribution >= 0.6 is 11.3 Å². The van der Waals surface area contributed by atoms with Crippen LogP contribution in [0.15, 0.2) is 29.2 Å². The molecule has 0 saturated heterocycles. The van der Waals surface area contributed by atoms with E-state index >= 15 is 0 Å². The Balaban J connectivity index is 2.09. The van der Waals surface area contributed by atoms with Crippen LogP contribution in [0.1, 0.15) is 10.4 Å². The van der Waals surface area contributed by atoms with Crippen molar-refractivity contribution in [2.75, 3.05) is 5.32 Å². The highest BCUT2D eigenvalue weighted by Crippen LogP contribution is 2.10. The largest absolute Gasteiger partial charge is 0.319 e. The highest BCUT2D eigenvalue weighted by atomic mass is 32.1. The SMILES string of the molecule is Cn1cc(NC(=O)c2ccsc2)cn1. The Bertz CT molecular complexity index is 433. The Morgan fingerprint density at radius 1 is 1.64 bits per heavy atom. The first-order valence-corrected chi connectivity index (χ1v) is 5.02. The van der Waals surface area contributed by atoms with Gasteiger partial charge in [-0.05, 0) is 11.4 Å². The number of amides is 1. The summed E-state index contributed by atoms with van der Waals surface area (Å²) in [5.74, 6) is -0.0979. The van der Waals surface area contributed by atoms with E-state index in [4.69, 9.17) is 0 Å². The Labute approximate surface area is 85.2 Å². The fraction of sp³-hybridized carbons (Fsp3) is 0.111. The van der Waals surface area contributed by atoms with Crippen LogP contribution in [-0.4, -0.2) is 15.7 Å². The summed E-state index contributed by atoms with van der Waals surface area (Å²) < 4.78 is 1.64. The molecule has 5 heteroatoms. The van der Waals surface area contributed by atoms with E-state index in [1.54, 1.807) is 30.2 Å². The highest BCUT2D eigenvalue weighted by Gasteiger charge is 2.06. The van der Waals surface area contributed by atoms with Gasteiger partial charge >= 0.3 is 0 Å². The Morgan fingerprint density at radius 3 is 3.07 bits per heavy atom. The standard InChI is InChI=1S/C9H9N3OS/c1-12-5-8(4-10-12)11-9(13)7-2-3-14-6-7/h2-6H,1H3,(H,11,13). The summed E-state index contributed by atoms with van der Waals surface area (Å²) in [4.78, 5) is 11.5. The van der Waals surface area contributed by atoms with Crippen molar-refractivity contribution in [1.29, 1.82) is 0 Å². The summed E-state index contributed by atoms with van der Waals surface area (Å²) in [6.07, 6.45) is 3.37. The van der Waals surface area contributed by atoms with E-state index < -0.39 is 0 Å². The molecule has 1 N–H and O–H groups in total. The number of aryl methyl sites for hydroxylation is 1. The maximum Gasteiger partial charge on any atom is 0.256 e. The molecule has 0 aromatic carbocycles. The molecule has 0 saturated carbocycles. The molecule has 0 spiro atoms. The van der Waals surface area contributed by atoms with Crippen LogP contribution in [0, 0.1) is 0 Å². The average Bonchev–Trinajstić information content (AvgIpc) is 2.75. The lowest BCUT2D eigenvalue weighted by Crippen LogP contribution is -2.09. The molecular formula is C9H9N3OS. The lowest BCUT2D eigenvalue weighted by atomic mass is 10.3. The van der Waals surface area contributed by atoms with Gasteiger partial charge < -0.3 is 5.32 Å². The van der Waals surface area contributed by atoms with Crippen LogP contribution in [-0.2, 0) is 7.05 Å². The third-order valence-electron chi connectivity index (χ3n) is 1.75. The predicted molar refractivity (Wildman–Crippen MR) is 55.5 cm³/mol. The first kappa shape index (κ1) is 8.96. The smallest absolute Gasteiger partial charge is 0.256 e. The van der Waals surface area contributed by atoms with E-state index in [-0.39, 0.29) is 5.91 Å². The lowest BCUT2D eigenvalue weighted by Gasteiger charge is -1.98. The van der Waals surface area contributed by atoms with Gasteiger partial charge in [-0.1, -0.05) is 0 Å². The third-order valence-corrected chi connectivity index (χ3v) is 2.43. The van der Waals surface area contributed by atoms with Crippen molar-refractivity contribution in [3.63, 3.8) is 0 Å². The number of carbonyl (C=O) groups is 1. The van der Waals surface area contributed by atoms with Gasteiger partial charge in [0.05, 0.1) is 17.4 Å². The summed E-state index contributed by atoms with van der Waals surface area (Å²) in [5.41, 5.74) is 1.39. The molecule has 0 bridgehead atoms. The topological polar surface area (TPSA) is 46.9 Å². The molecule has 14 heavy (non-hydrogen) atoms. The number of nitrogens with zero attached hydrogens (tertiary/aromatic N) is 2. The molecule has 0 radical (unpaired) electrons. The van der Waals surface area contributed by atoms with E-state index in [1.807, 2.05) is 10.8 Å². The zero-order valence-electron chi connectivity index (χ0n) is 7.60. The summed E-state index contributed by atoms with van der Waals surface area (Å²) >= 11 is 1.50. The molecule has 0 aliphatic carbocycles. The van der Waals surface area contributed by atoms with E-state index in [0.717, 1.165) is 0 Å². The zero-order chi connectivity index (χ0) is 9.97. The van der Waals surface area contributed by atoms with Crippen LogP contribution < -0.4 is 5.32 Å². The maximum atomic E-state index is 11.5. The van der Waals surface area contributed by atoms with Crippen molar-refractivity contribution in [2.24, 2.45) is 7.05 Å². The van der Waals surface area contributed by atoms with E-state index in [2.05, 4.69) is 10.4 Å². The summed E-state index contributed by atoms with van der Waals surface area (Å²) in [7, 11) is 1.81. The highest BCUT2D eigenvalue weighted by molar-refractivity contribution is 7.08. The number of thiophene rings is 1. The number of anilines is 1. The van der Waals surface area contributed by atoms with E-state index in [0.29, 0.717) is 11.3 Å². The number of aromatic nitrogens is 2. The van der Waals surface area contributed by atoms with E-state index in [9.17, 15) is 4.79 Å². The second-order valence-electron chi connectivity index (χ2n) is 2.87. The maximum absolute atomic E-state index is 11.5. The van der Waals surface area contributed by atoms with Gasteiger partial charge in [-0.25, -0.2) is 0 Å². The van der Waals surface area contributed by atoms with Gasteiger partial charge in [0.2, 0.25) is 0 Å². The second kappa shape index (κ2) is 3.63. The average molecular weight is 207 g/mol. The van der Waals surface area contributed by atoms with Crippen molar-refractivity contribution in [3.8, 4) is 0 Å². The molecule has 2 rings (SSSR count). The van der Waals surface area contributed by atoms with Gasteiger partial charge in [0, 0.05) is 18.6 Å². The Hall–Kier alpha value is -1.62. The monoisotopic (exact) mass is 207 g/mol. The minimum Gasteiger partial charge on any atom is -0.319 e. The fourth-order valence-corrected chi connectivity index (χ4v) is 1.72. The Kier molecular flexibility index (Phi) is 2.32. The van der Waals surface area contributed by atoms with Crippen molar-refractivity contribution in [2.45, 2.75) is 0 Å². The van der Waals surface area contributed by atoms with Gasteiger partial charge in [0.15, 0.2) is 0 Å². The molecule has 4 nitrogen and oxygen atoms in total. The molecule has 0 fully saturated rings. The molecule has 0 aliphatic rings. The third kappa shape index (κ3) is 1.82. The molecule has 2 aromatic heterocycles. The Morgan fingerprint density at radius 2 is 2.50 bits per heavy atom. The molecule has 72 valence electrons. The summed E-state index contributed by atoms with van der Waals surface area (Å²) in [5, 5.41) is 10.4. The van der Waals surface area contributed by atoms with Gasteiger partial charge in [-0.2, -0.15) is 16.4 Å². The van der Waals surface area contributed by atoms with Crippen LogP contribution in [0.5, 0.6) is 0 Å². The van der Waals surface area contributed by atoms with Gasteiger partial charge in [-0.3, -0.25) is 9.48 Å². The van der Waals surface area contributed by atoms with Crippen LogP contribution in [0.3, 0.4) is 0 Å². The quantitative estimate of drug-likeness (QED) is 0.815. The summed E-state index contributed by atoms with van der Waals surface area (Å²) in [6.45, 7) is 0. The van der Waals surface area contributed by atoms with Gasteiger partial charge in [-0.15, -0.1) is 0 Å². The second-order valence-corrected chi connectivity index (χ2v) is 3.65. The van der Waals surface area contributed by atoms with Crippen LogP contribution in [0.25, 0.3) is 0 Å². The van der Waals surface area contributed by atoms with Crippen LogP contribution in [0.4, 0.5) is 5.69 Å². The summed E-state index contributed by atoms with van der Waals surface area (Å²) in [6, 6.07) is 1.79. The number of hydrogen-bond donors (Lipinski definition) is 1. The molecule has 0 unspecified atom stereocenters. The van der Waals surface area contributed by atoms with Gasteiger partial charge in [0.1, 0.15) is 0 Å². The van der Waals surface area contributed by atoms with Crippen LogP contribution in [0.2, 0.25) is 0 Å². The van der Waals surface area contributed by atoms with Crippen molar-refractivity contribution < 1.29 is 4.79 Å². The first-order chi connectivity index (χ1) is 6.75. The molecular weight excluding hydrogens is 198 g/mol. The minimum atomic E-state index is -0.0979. The normalized spacial score (nSPS) is 10.1. The van der Waals surface area contributed by atoms with Crippen molar-refractivity contribution >= 4 is 22.9 Å².